The van der Waals surface area contributed by atoms with Gasteiger partial charge in [0.15, 0.2) is 0 Å². The lowest BCUT2D eigenvalue weighted by Gasteiger charge is -2.13. The van der Waals surface area contributed by atoms with Crippen LogP contribution in [0.1, 0.15) is 17.3 Å². The number of methoxy groups -OCH3 is 1. The van der Waals surface area contributed by atoms with Gasteiger partial charge in [-0.2, -0.15) is 4.72 Å². The number of halogens is 2. The molecule has 1 aromatic rings. The molecule has 2 N–H and O–H groups in total. The van der Waals surface area contributed by atoms with Crippen LogP contribution >= 0.6 is 27.5 Å². The molecule has 21 heavy (non-hydrogen) atoms. The molecule has 1 rings (SSSR count). The second-order valence-corrected chi connectivity index (χ2v) is 6.88. The molecule has 7 nitrogen and oxygen atoms in total. The molecule has 0 radical (unpaired) electrons. The highest BCUT2D eigenvalue weighted by Crippen LogP contribution is 2.30. The Morgan fingerprint density at radius 1 is 1.43 bits per heavy atom. The van der Waals surface area contributed by atoms with Crippen LogP contribution in [0.2, 0.25) is 5.02 Å². The number of benzene rings is 1. The number of carbonyl (C=O) groups is 2. The van der Waals surface area contributed by atoms with Crippen molar-refractivity contribution in [2.24, 2.45) is 0 Å². The average molecular weight is 401 g/mol. The number of carboxylic acid groups (broad SMARTS) is 1. The number of hydrogen-bond acceptors (Lipinski definition) is 5. The fourth-order valence-corrected chi connectivity index (χ4v) is 3.45. The third kappa shape index (κ3) is 4.16. The van der Waals surface area contributed by atoms with Crippen molar-refractivity contribution in [3.8, 4) is 0 Å². The molecule has 0 heterocycles. The first-order chi connectivity index (χ1) is 9.60. The molecular weight excluding hydrogens is 390 g/mol. The number of ether oxygens (including phenoxy) is 1. The van der Waals surface area contributed by atoms with Gasteiger partial charge in [-0.05, 0) is 35.0 Å². The lowest BCUT2D eigenvalue weighted by atomic mass is 10.2. The molecule has 0 aliphatic rings. The zero-order chi connectivity index (χ0) is 16.4. The van der Waals surface area contributed by atoms with Crippen molar-refractivity contribution in [2.75, 3.05) is 7.11 Å². The molecular formula is C11H11BrClNO6S. The van der Waals surface area contributed by atoms with Crippen LogP contribution in [0.15, 0.2) is 21.5 Å². The van der Waals surface area contributed by atoms with E-state index < -0.39 is 28.0 Å². The van der Waals surface area contributed by atoms with Crippen molar-refractivity contribution in [3.63, 3.8) is 0 Å². The van der Waals surface area contributed by atoms with Crippen LogP contribution in [0.3, 0.4) is 0 Å². The first-order valence-corrected chi connectivity index (χ1v) is 8.08. The van der Waals surface area contributed by atoms with Crippen LogP contribution in [0.5, 0.6) is 0 Å². The van der Waals surface area contributed by atoms with Crippen molar-refractivity contribution in [3.05, 3.63) is 27.2 Å². The van der Waals surface area contributed by atoms with E-state index in [0.29, 0.717) is 0 Å². The summed E-state index contributed by atoms with van der Waals surface area (Å²) in [6.45, 7) is 1.30. The number of hydrogen-bond donors (Lipinski definition) is 2. The van der Waals surface area contributed by atoms with Gasteiger partial charge in [0.25, 0.3) is 0 Å². The summed E-state index contributed by atoms with van der Waals surface area (Å²) < 4.78 is 30.8. The van der Waals surface area contributed by atoms with E-state index in [1.54, 1.807) is 0 Å². The van der Waals surface area contributed by atoms with Crippen LogP contribution in [0.4, 0.5) is 0 Å². The van der Waals surface area contributed by atoms with Gasteiger partial charge in [-0.1, -0.05) is 11.6 Å². The summed E-state index contributed by atoms with van der Waals surface area (Å²) in [6, 6.07) is 0.922. The summed E-state index contributed by atoms with van der Waals surface area (Å²) in [6.07, 6.45) is 0. The van der Waals surface area contributed by atoms with Gasteiger partial charge < -0.3 is 9.84 Å². The molecule has 0 fully saturated rings. The third-order valence-corrected chi connectivity index (χ3v) is 5.21. The fourth-order valence-electron chi connectivity index (χ4n) is 1.40. The lowest BCUT2D eigenvalue weighted by molar-refractivity contribution is -0.142. The van der Waals surface area contributed by atoms with E-state index >= 15 is 0 Å². The van der Waals surface area contributed by atoms with Gasteiger partial charge in [0.1, 0.15) is 6.04 Å². The number of carboxylic acids is 1. The Labute approximate surface area is 134 Å². The summed E-state index contributed by atoms with van der Waals surface area (Å²) in [4.78, 5) is 21.9. The van der Waals surface area contributed by atoms with E-state index in [-0.39, 0.29) is 20.0 Å². The van der Waals surface area contributed by atoms with Crippen LogP contribution in [-0.2, 0) is 19.6 Å². The summed E-state index contributed by atoms with van der Waals surface area (Å²) >= 11 is 8.76. The lowest BCUT2D eigenvalue weighted by Crippen LogP contribution is -2.39. The summed E-state index contributed by atoms with van der Waals surface area (Å²) in [7, 11) is -2.99. The molecule has 0 saturated carbocycles. The highest BCUT2D eigenvalue weighted by molar-refractivity contribution is 9.10. The van der Waals surface area contributed by atoms with Crippen molar-refractivity contribution in [2.45, 2.75) is 17.9 Å². The Hall–Kier alpha value is -1.16. The Bertz CT molecular complexity index is 690. The minimum absolute atomic E-state index is 0.107. The standard InChI is InChI=1S/C11H11BrClNO6S/c1-5(11(17)20-2)14-21(18,19)6-3-7(10(15)16)9(13)8(12)4-6/h3-5,14H,1-2H3,(H,15,16). The molecule has 0 spiro atoms. The molecule has 0 saturated heterocycles. The smallest absolute Gasteiger partial charge is 0.337 e. The first-order valence-electron chi connectivity index (χ1n) is 5.42. The SMILES string of the molecule is COC(=O)C(C)NS(=O)(=O)c1cc(Br)c(Cl)c(C(=O)O)c1. The maximum Gasteiger partial charge on any atom is 0.337 e. The quantitative estimate of drug-likeness (QED) is 0.727. The van der Waals surface area contributed by atoms with E-state index in [1.807, 2.05) is 0 Å². The minimum atomic E-state index is -4.11. The topological polar surface area (TPSA) is 110 Å². The van der Waals surface area contributed by atoms with Crippen molar-refractivity contribution >= 4 is 49.5 Å². The number of rotatable bonds is 5. The summed E-state index contributed by atoms with van der Waals surface area (Å²) in [5.74, 6) is -2.15. The molecule has 1 unspecified atom stereocenters. The van der Waals surface area contributed by atoms with E-state index in [2.05, 4.69) is 25.4 Å². The van der Waals surface area contributed by atoms with Gasteiger partial charge in [0.05, 0.1) is 22.6 Å². The van der Waals surface area contributed by atoms with E-state index in [9.17, 15) is 18.0 Å². The highest BCUT2D eigenvalue weighted by atomic mass is 79.9. The fraction of sp³-hybridized carbons (Fsp3) is 0.273. The Kier molecular flexibility index (Phi) is 5.74. The van der Waals surface area contributed by atoms with Crippen LogP contribution in [-0.4, -0.2) is 38.6 Å². The number of sulfonamides is 1. The third-order valence-electron chi connectivity index (χ3n) is 2.43. The molecule has 116 valence electrons. The van der Waals surface area contributed by atoms with Crippen molar-refractivity contribution < 1.29 is 27.9 Å². The normalized spacial score (nSPS) is 12.8. The molecule has 1 atom stereocenters. The number of esters is 1. The second kappa shape index (κ2) is 6.73. The predicted octanol–water partition coefficient (Wildman–Crippen LogP) is 1.64. The average Bonchev–Trinajstić information content (AvgIpc) is 2.39. The maximum atomic E-state index is 12.1. The van der Waals surface area contributed by atoms with Gasteiger partial charge in [0.2, 0.25) is 10.0 Å². The second-order valence-electron chi connectivity index (χ2n) is 3.94. The van der Waals surface area contributed by atoms with Gasteiger partial charge in [-0.3, -0.25) is 4.79 Å². The van der Waals surface area contributed by atoms with Gasteiger partial charge in [-0.15, -0.1) is 0 Å². The number of aromatic carboxylic acids is 1. The van der Waals surface area contributed by atoms with Crippen LogP contribution in [0, 0.1) is 0 Å². The van der Waals surface area contributed by atoms with Crippen molar-refractivity contribution in [1.82, 2.24) is 4.72 Å². The predicted molar refractivity (Wildman–Crippen MR) is 77.9 cm³/mol. The summed E-state index contributed by atoms with van der Waals surface area (Å²) in [5, 5.41) is 8.87. The van der Waals surface area contributed by atoms with Gasteiger partial charge in [-0.25, -0.2) is 13.2 Å². The largest absolute Gasteiger partial charge is 0.478 e. The first kappa shape index (κ1) is 17.9. The van der Waals surface area contributed by atoms with E-state index in [4.69, 9.17) is 16.7 Å². The molecule has 0 bridgehead atoms. The van der Waals surface area contributed by atoms with Crippen LogP contribution < -0.4 is 4.72 Å². The minimum Gasteiger partial charge on any atom is -0.478 e. The summed E-state index contributed by atoms with van der Waals surface area (Å²) in [5.41, 5.74) is -0.378. The zero-order valence-corrected chi connectivity index (χ0v) is 14.0. The van der Waals surface area contributed by atoms with E-state index in [1.165, 1.54) is 6.92 Å². The number of nitrogens with one attached hydrogen (secondary N) is 1. The molecule has 10 heteroatoms. The molecule has 0 amide bonds. The van der Waals surface area contributed by atoms with Crippen molar-refractivity contribution in [1.29, 1.82) is 0 Å². The maximum absolute atomic E-state index is 12.1. The zero-order valence-electron chi connectivity index (χ0n) is 10.9. The molecule has 0 aliphatic carbocycles. The molecule has 0 aromatic heterocycles. The molecule has 0 aliphatic heterocycles. The van der Waals surface area contributed by atoms with Gasteiger partial charge >= 0.3 is 11.9 Å². The Balaban J connectivity index is 3.27. The monoisotopic (exact) mass is 399 g/mol. The Morgan fingerprint density at radius 3 is 2.48 bits per heavy atom. The highest BCUT2D eigenvalue weighted by Gasteiger charge is 2.25. The van der Waals surface area contributed by atoms with Gasteiger partial charge in [0, 0.05) is 4.47 Å². The number of carbonyl (C=O) groups excluding carboxylic acids is 1. The van der Waals surface area contributed by atoms with Crippen LogP contribution in [0.25, 0.3) is 0 Å². The van der Waals surface area contributed by atoms with E-state index in [0.717, 1.165) is 19.2 Å². The Morgan fingerprint density at radius 2 is 2.00 bits per heavy atom. The molecule has 1 aromatic carbocycles.